The van der Waals surface area contributed by atoms with Gasteiger partial charge in [-0.25, -0.2) is 8.78 Å². The monoisotopic (exact) mass is 773 g/mol. The van der Waals surface area contributed by atoms with Crippen molar-refractivity contribution in [2.24, 2.45) is 44.3 Å². The molecule has 1 aromatic heterocycles. The van der Waals surface area contributed by atoms with Gasteiger partial charge in [0, 0.05) is 44.2 Å². The van der Waals surface area contributed by atoms with Gasteiger partial charge >= 0.3 is 5.97 Å². The Morgan fingerprint density at radius 1 is 0.927 bits per heavy atom. The molecular formula is C45H53F2NO6S. The van der Waals surface area contributed by atoms with Crippen molar-refractivity contribution in [3.63, 3.8) is 0 Å². The van der Waals surface area contributed by atoms with Crippen molar-refractivity contribution < 1.29 is 38.1 Å². The number of allylic oxidation sites excluding steroid dienone is 4. The van der Waals surface area contributed by atoms with Gasteiger partial charge in [-0.15, -0.1) is 11.3 Å². The molecule has 10 heteroatoms. The third-order valence-electron chi connectivity index (χ3n) is 17.5. The first-order valence-corrected chi connectivity index (χ1v) is 21.1. The molecule has 5 fully saturated rings. The highest BCUT2D eigenvalue weighted by atomic mass is 32.1. The van der Waals surface area contributed by atoms with Gasteiger partial charge in [0.25, 0.3) is 5.91 Å². The zero-order valence-corrected chi connectivity index (χ0v) is 33.4. The number of nitrogens with zero attached hydrogens (tertiary/aromatic N) is 1. The fraction of sp³-hybridized carbons (Fsp3) is 0.622. The average Bonchev–Trinajstić information content (AvgIpc) is 3.85. The minimum atomic E-state index is -1.34. The summed E-state index contributed by atoms with van der Waals surface area (Å²) in [5.41, 5.74) is -5.96. The molecule has 4 saturated carbocycles. The number of Topliss-reactive ketones (excluding diaryl/α,β-unsaturated/α-hetero) is 1. The molecule has 0 radical (unpaired) electrons. The summed E-state index contributed by atoms with van der Waals surface area (Å²) in [6.07, 6.45) is 11.8. The molecule has 2 spiro atoms. The molecule has 55 heavy (non-hydrogen) atoms. The van der Waals surface area contributed by atoms with E-state index in [1.54, 1.807) is 16.2 Å². The maximum Gasteiger partial charge on any atom is 0.313 e. The topological polar surface area (TPSA) is 104 Å². The molecule has 4 bridgehead atoms. The molecule has 7 aliphatic carbocycles. The van der Waals surface area contributed by atoms with Gasteiger partial charge < -0.3 is 19.8 Å². The van der Waals surface area contributed by atoms with Crippen molar-refractivity contribution in [3.05, 3.63) is 81.6 Å². The molecule has 2 aromatic rings. The van der Waals surface area contributed by atoms with Crippen molar-refractivity contribution in [2.75, 3.05) is 13.1 Å². The van der Waals surface area contributed by atoms with E-state index in [-0.39, 0.29) is 47.0 Å². The van der Waals surface area contributed by atoms with Gasteiger partial charge in [-0.2, -0.15) is 0 Å². The lowest BCUT2D eigenvalue weighted by Gasteiger charge is -2.71. The van der Waals surface area contributed by atoms with Crippen LogP contribution in [0.5, 0.6) is 0 Å². The first-order chi connectivity index (χ1) is 25.8. The highest BCUT2D eigenvalue weighted by molar-refractivity contribution is 7.09. The Balaban J connectivity index is 1.12. The van der Waals surface area contributed by atoms with E-state index in [1.807, 2.05) is 38.3 Å². The average molecular weight is 774 g/mol. The predicted octanol–water partition coefficient (Wildman–Crippen LogP) is 7.99. The van der Waals surface area contributed by atoms with Crippen LogP contribution in [0.2, 0.25) is 0 Å². The minimum absolute atomic E-state index is 0.0116. The van der Waals surface area contributed by atoms with Crippen LogP contribution in [0, 0.1) is 56.0 Å². The Morgan fingerprint density at radius 3 is 2.33 bits per heavy atom. The molecular weight excluding hydrogens is 721 g/mol. The van der Waals surface area contributed by atoms with Gasteiger partial charge in [0.05, 0.1) is 23.7 Å². The number of hydrogen-bond acceptors (Lipinski definition) is 7. The Labute approximate surface area is 326 Å². The molecule has 7 nitrogen and oxygen atoms in total. The van der Waals surface area contributed by atoms with Crippen LogP contribution in [0.15, 0.2) is 59.5 Å². The number of carbonyl (C=O) groups excluding carboxylic acids is 3. The van der Waals surface area contributed by atoms with Crippen LogP contribution < -0.4 is 0 Å². The van der Waals surface area contributed by atoms with Crippen LogP contribution in [-0.4, -0.2) is 63.2 Å². The van der Waals surface area contributed by atoms with E-state index in [1.165, 1.54) is 6.07 Å². The van der Waals surface area contributed by atoms with Crippen LogP contribution in [-0.2, 0) is 20.7 Å². The number of aliphatic hydroxyl groups excluding tert-OH is 1. The lowest BCUT2D eigenvalue weighted by Crippen LogP contribution is -2.68. The second-order valence-electron chi connectivity index (χ2n) is 19.5. The summed E-state index contributed by atoms with van der Waals surface area (Å²) in [4.78, 5) is 46.1. The number of ketones is 1. The Morgan fingerprint density at radius 2 is 1.65 bits per heavy atom. The van der Waals surface area contributed by atoms with Crippen LogP contribution >= 0.6 is 11.3 Å². The van der Waals surface area contributed by atoms with E-state index < -0.39 is 56.0 Å². The van der Waals surface area contributed by atoms with E-state index in [0.29, 0.717) is 69.9 Å². The number of rotatable bonds is 8. The van der Waals surface area contributed by atoms with Crippen molar-refractivity contribution in [1.29, 1.82) is 0 Å². The fourth-order valence-corrected chi connectivity index (χ4v) is 14.3. The number of thiophene rings is 1. The third-order valence-corrected chi connectivity index (χ3v) is 18.5. The van der Waals surface area contributed by atoms with Crippen LogP contribution in [0.25, 0.3) is 0 Å². The third kappa shape index (κ3) is 4.51. The van der Waals surface area contributed by atoms with Crippen molar-refractivity contribution in [2.45, 2.75) is 116 Å². The largest absolute Gasteiger partial charge is 0.448 e. The van der Waals surface area contributed by atoms with Crippen molar-refractivity contribution >= 4 is 29.0 Å². The van der Waals surface area contributed by atoms with Crippen LogP contribution in [0.4, 0.5) is 8.78 Å². The first-order valence-electron chi connectivity index (χ1n) is 20.2. The molecule has 1 saturated heterocycles. The number of hydrogen-bond donors (Lipinski definition) is 2. The molecule has 2 heterocycles. The Kier molecular flexibility index (Phi) is 7.94. The van der Waals surface area contributed by atoms with Crippen LogP contribution in [0.1, 0.15) is 108 Å². The molecule has 8 aliphatic rings. The van der Waals surface area contributed by atoms with Crippen molar-refractivity contribution in [3.8, 4) is 0 Å². The van der Waals surface area contributed by atoms with E-state index in [4.69, 9.17) is 4.74 Å². The molecule has 294 valence electrons. The number of carbonyl (C=O) groups is 3. The van der Waals surface area contributed by atoms with Gasteiger partial charge in [-0.3, -0.25) is 14.4 Å². The number of aliphatic hydroxyl groups is 2. The summed E-state index contributed by atoms with van der Waals surface area (Å²) in [5.74, 6) is -3.24. The Bertz CT molecular complexity index is 2060. The number of esters is 1. The standard InChI is InChI=1S/C45H53F2NO6S/c1-38(2)41(5)17-20-45(38,54-37(41)52)36(51)48(21-13-29-7-6-22-55-29)26-43(53)16-12-34-40(43,4)15-11-33-39(3)14-10-28(49)24-42(39)18-19-44(33,34)30(25-42)35(50)27-8-9-31(46)32(47)23-27/h6-9,18-19,22-23,25,28,33-34,49,53H,10-17,20-21,24,26H2,1-5H3. The zero-order valence-electron chi connectivity index (χ0n) is 32.6. The molecule has 10 unspecified atom stereocenters. The number of ether oxygens (including phenoxy) is 1. The van der Waals surface area contributed by atoms with E-state index in [0.717, 1.165) is 23.4 Å². The van der Waals surface area contributed by atoms with Crippen molar-refractivity contribution in [1.82, 2.24) is 4.90 Å². The SMILES string of the molecule is CC12CCC(C(=O)N(CCc3cccs3)CC3(O)CCC4C56C=CC7(C=C5C(=O)c5ccc(F)c(F)c5)CC(O)CCC7(C)C6CCC43C)(OC1=O)C2(C)C. The maximum atomic E-state index is 15.1. The van der Waals surface area contributed by atoms with E-state index in [9.17, 15) is 28.6 Å². The molecule has 1 amide bonds. The summed E-state index contributed by atoms with van der Waals surface area (Å²) in [5, 5.41) is 26.3. The first kappa shape index (κ1) is 37.4. The maximum absolute atomic E-state index is 15.1. The molecule has 1 aliphatic heterocycles. The number of fused-ring (bicyclic) bond motifs is 3. The smallest absolute Gasteiger partial charge is 0.313 e. The highest BCUT2D eigenvalue weighted by Gasteiger charge is 2.78. The predicted molar refractivity (Wildman–Crippen MR) is 204 cm³/mol. The quantitative estimate of drug-likeness (QED) is 0.160. The zero-order chi connectivity index (χ0) is 39.2. The van der Waals surface area contributed by atoms with Gasteiger partial charge in [-0.1, -0.05) is 52.0 Å². The molecule has 10 atom stereocenters. The highest BCUT2D eigenvalue weighted by Crippen LogP contribution is 2.78. The summed E-state index contributed by atoms with van der Waals surface area (Å²) in [6, 6.07) is 7.36. The minimum Gasteiger partial charge on any atom is -0.448 e. The number of halogens is 2. The fourth-order valence-electron chi connectivity index (χ4n) is 13.6. The molecule has 10 rings (SSSR count). The van der Waals surface area contributed by atoms with Gasteiger partial charge in [0.2, 0.25) is 0 Å². The Hall–Kier alpha value is -3.21. The van der Waals surface area contributed by atoms with Crippen LogP contribution in [0.3, 0.4) is 0 Å². The van der Waals surface area contributed by atoms with Gasteiger partial charge in [-0.05, 0) is 118 Å². The number of amides is 1. The summed E-state index contributed by atoms with van der Waals surface area (Å²) >= 11 is 1.62. The van der Waals surface area contributed by atoms with Gasteiger partial charge in [0.1, 0.15) is 0 Å². The molecule has 1 aromatic carbocycles. The van der Waals surface area contributed by atoms with E-state index in [2.05, 4.69) is 32.1 Å². The number of benzene rings is 1. The summed E-state index contributed by atoms with van der Waals surface area (Å²) in [7, 11) is 0. The summed E-state index contributed by atoms with van der Waals surface area (Å²) < 4.78 is 35.0. The normalized spacial score (nSPS) is 43.0. The summed E-state index contributed by atoms with van der Waals surface area (Å²) in [6.45, 7) is 10.7. The lowest BCUT2D eigenvalue weighted by molar-refractivity contribution is -0.187. The van der Waals surface area contributed by atoms with E-state index >= 15 is 4.79 Å². The van der Waals surface area contributed by atoms with Gasteiger partial charge in [0.15, 0.2) is 23.0 Å². The second kappa shape index (κ2) is 11.7. The second-order valence-corrected chi connectivity index (χ2v) is 20.5. The molecule has 2 N–H and O–H groups in total. The lowest BCUT2D eigenvalue weighted by atomic mass is 9.32.